The summed E-state index contributed by atoms with van der Waals surface area (Å²) in [7, 11) is 3.52. The third-order valence-corrected chi connectivity index (χ3v) is 9.11. The third-order valence-electron chi connectivity index (χ3n) is 9.11. The van der Waals surface area contributed by atoms with Crippen molar-refractivity contribution in [2.75, 3.05) is 33.2 Å². The van der Waals surface area contributed by atoms with Gasteiger partial charge in [0.15, 0.2) is 0 Å². The van der Waals surface area contributed by atoms with Gasteiger partial charge >= 0.3 is 6.18 Å². The van der Waals surface area contributed by atoms with Crippen molar-refractivity contribution in [3.63, 3.8) is 0 Å². The molecule has 2 amide bonds. The molecule has 3 aromatic heterocycles. The number of piperazine rings is 1. The summed E-state index contributed by atoms with van der Waals surface area (Å²) in [6.45, 7) is 6.12. The zero-order valence-electron chi connectivity index (χ0n) is 28.3. The van der Waals surface area contributed by atoms with Gasteiger partial charge in [0.2, 0.25) is 5.91 Å². The molecular formula is C35H35F3N9O4+. The Labute approximate surface area is 290 Å². The number of amides is 2. The van der Waals surface area contributed by atoms with Crippen LogP contribution in [0, 0.1) is 18.3 Å². The van der Waals surface area contributed by atoms with Crippen molar-refractivity contribution in [2.45, 2.75) is 32.6 Å². The number of alkyl halides is 3. The molecule has 0 bridgehead atoms. The lowest BCUT2D eigenvalue weighted by Crippen LogP contribution is -2.60. The summed E-state index contributed by atoms with van der Waals surface area (Å²) in [6, 6.07) is 15.1. The van der Waals surface area contributed by atoms with Crippen molar-refractivity contribution < 1.29 is 31.8 Å². The first-order valence-corrected chi connectivity index (χ1v) is 16.1. The number of quaternary nitrogens is 1. The van der Waals surface area contributed by atoms with Crippen LogP contribution in [0.3, 0.4) is 0 Å². The Balaban J connectivity index is 1.32. The molecule has 1 atom stereocenters. The average molecular weight is 703 g/mol. The highest BCUT2D eigenvalue weighted by atomic mass is 19.4. The molecule has 4 heterocycles. The Hall–Kier alpha value is -5.95. The van der Waals surface area contributed by atoms with Crippen molar-refractivity contribution in [3.8, 4) is 28.8 Å². The molecule has 0 aliphatic carbocycles. The summed E-state index contributed by atoms with van der Waals surface area (Å²) in [4.78, 5) is 43.5. The van der Waals surface area contributed by atoms with Crippen LogP contribution in [0.2, 0.25) is 0 Å². The van der Waals surface area contributed by atoms with Crippen molar-refractivity contribution in [2.24, 2.45) is 7.05 Å². The second kappa shape index (κ2) is 13.4. The molecule has 264 valence electrons. The zero-order valence-corrected chi connectivity index (χ0v) is 28.3. The molecule has 13 nitrogen and oxygen atoms in total. The minimum atomic E-state index is -4.68. The number of halogens is 3. The van der Waals surface area contributed by atoms with Crippen LogP contribution in [-0.4, -0.2) is 84.8 Å². The van der Waals surface area contributed by atoms with Crippen LogP contribution in [0.25, 0.3) is 22.8 Å². The Bertz CT molecular complexity index is 2200. The number of nitrogens with zero attached hydrogens (tertiary/aromatic N) is 8. The summed E-state index contributed by atoms with van der Waals surface area (Å²) < 4.78 is 50.6. The standard InChI is InChI=1S/C35H34F3N9O4/c1-22-18-26(42-51-22)21-47(4)16-14-44(15-17-47)33(49)23(2)41-32(48)30-31(29-12-13-40-45(29)27-10-8-24(20-39)9-11-27)43(3)46(34(30)50)28-7-5-6-25(19-28)35(36,37)38/h5-13,18-19,23H,14-17,21H2,1-4H3/p+1. The third kappa shape index (κ3) is 6.93. The number of hydrogen-bond acceptors (Lipinski definition) is 7. The van der Waals surface area contributed by atoms with Gasteiger partial charge in [0.1, 0.15) is 35.3 Å². The van der Waals surface area contributed by atoms with Crippen LogP contribution < -0.4 is 10.9 Å². The first kappa shape index (κ1) is 34.9. The maximum Gasteiger partial charge on any atom is 0.416 e. The number of carbonyl (C=O) groups is 2. The second-order valence-electron chi connectivity index (χ2n) is 12.9. The molecule has 16 heteroatoms. The Morgan fingerprint density at radius 2 is 1.78 bits per heavy atom. The van der Waals surface area contributed by atoms with Crippen molar-refractivity contribution in [3.05, 3.63) is 105 Å². The number of aromatic nitrogens is 5. The summed E-state index contributed by atoms with van der Waals surface area (Å²) in [5.74, 6) is -0.508. The van der Waals surface area contributed by atoms with Crippen LogP contribution in [-0.2, 0) is 24.6 Å². The molecule has 2 aromatic carbocycles. The monoisotopic (exact) mass is 702 g/mol. The van der Waals surface area contributed by atoms with Crippen LogP contribution in [0.15, 0.2) is 76.2 Å². The smallest absolute Gasteiger partial charge is 0.361 e. The molecule has 1 saturated heterocycles. The lowest BCUT2D eigenvalue weighted by atomic mass is 10.1. The van der Waals surface area contributed by atoms with E-state index in [1.165, 1.54) is 41.7 Å². The van der Waals surface area contributed by atoms with Crippen molar-refractivity contribution in [1.82, 2.24) is 34.5 Å². The Kier molecular flexibility index (Phi) is 9.17. The maximum atomic E-state index is 14.1. The fraction of sp³-hybridized carbons (Fsp3) is 0.314. The van der Waals surface area contributed by atoms with Gasteiger partial charge in [-0.15, -0.1) is 0 Å². The van der Waals surface area contributed by atoms with E-state index < -0.39 is 34.8 Å². The van der Waals surface area contributed by atoms with E-state index >= 15 is 0 Å². The number of carbonyl (C=O) groups excluding carboxylic acids is 2. The molecule has 0 spiro atoms. The fourth-order valence-corrected chi connectivity index (χ4v) is 6.39. The van der Waals surface area contributed by atoms with Gasteiger partial charge in [-0.05, 0) is 62.4 Å². The number of rotatable bonds is 8. The van der Waals surface area contributed by atoms with Crippen LogP contribution in [0.5, 0.6) is 0 Å². The van der Waals surface area contributed by atoms with Crippen LogP contribution in [0.1, 0.15) is 39.9 Å². The maximum absolute atomic E-state index is 14.1. The molecule has 1 unspecified atom stereocenters. The first-order chi connectivity index (χ1) is 24.2. The van der Waals surface area contributed by atoms with Crippen LogP contribution in [0.4, 0.5) is 13.2 Å². The lowest BCUT2D eigenvalue weighted by Gasteiger charge is -2.42. The molecule has 6 rings (SSSR count). The van der Waals surface area contributed by atoms with Gasteiger partial charge in [-0.1, -0.05) is 11.2 Å². The van der Waals surface area contributed by atoms with Gasteiger partial charge in [-0.2, -0.15) is 23.5 Å². The summed E-state index contributed by atoms with van der Waals surface area (Å²) in [5.41, 5.74) is -0.354. The van der Waals surface area contributed by atoms with Gasteiger partial charge in [0.25, 0.3) is 11.5 Å². The topological polar surface area (TPSA) is 144 Å². The molecule has 1 fully saturated rings. The predicted octanol–water partition coefficient (Wildman–Crippen LogP) is 3.82. The Morgan fingerprint density at radius 1 is 1.08 bits per heavy atom. The summed E-state index contributed by atoms with van der Waals surface area (Å²) in [6.07, 6.45) is -3.24. The number of aryl methyl sites for hydroxylation is 1. The minimum Gasteiger partial charge on any atom is -0.361 e. The number of nitrogens with one attached hydrogen (secondary N) is 1. The molecule has 0 radical (unpaired) electrons. The SMILES string of the molecule is Cc1cc(C[N+]2(C)CCN(C(=O)C(C)NC(=O)c3c(-c4ccnn4-c4ccc(C#N)cc4)n(C)n(-c4cccc(C(F)(F)F)c4)c3=O)CC2)no1. The number of likely N-dealkylation sites (N-methyl/N-ethyl adjacent to an activating group) is 1. The molecule has 5 aromatic rings. The van der Waals surface area contributed by atoms with E-state index in [9.17, 15) is 32.8 Å². The van der Waals surface area contributed by atoms with E-state index in [1.54, 1.807) is 35.2 Å². The van der Waals surface area contributed by atoms with E-state index in [4.69, 9.17) is 4.52 Å². The van der Waals surface area contributed by atoms with Gasteiger partial charge in [0.05, 0.1) is 73.7 Å². The number of nitriles is 1. The number of hydrogen-bond donors (Lipinski definition) is 1. The molecule has 1 aliphatic heterocycles. The quantitative estimate of drug-likeness (QED) is 0.242. The van der Waals surface area contributed by atoms with Crippen molar-refractivity contribution >= 4 is 11.8 Å². The van der Waals surface area contributed by atoms with Gasteiger partial charge in [-0.3, -0.25) is 19.1 Å². The molecule has 0 saturated carbocycles. The largest absolute Gasteiger partial charge is 0.416 e. The first-order valence-electron chi connectivity index (χ1n) is 16.1. The molecular weight excluding hydrogens is 667 g/mol. The molecule has 51 heavy (non-hydrogen) atoms. The predicted molar refractivity (Wildman–Crippen MR) is 178 cm³/mol. The van der Waals surface area contributed by atoms with Gasteiger partial charge in [-0.25, -0.2) is 9.36 Å². The fourth-order valence-electron chi connectivity index (χ4n) is 6.39. The normalized spacial score (nSPS) is 15.0. The highest BCUT2D eigenvalue weighted by Gasteiger charge is 2.36. The highest BCUT2D eigenvalue weighted by Crippen LogP contribution is 2.31. The zero-order chi connectivity index (χ0) is 36.7. The molecule has 1 aliphatic rings. The van der Waals surface area contributed by atoms with E-state index in [0.717, 1.165) is 28.3 Å². The van der Waals surface area contributed by atoms with Crippen LogP contribution >= 0.6 is 0 Å². The molecule has 1 N–H and O–H groups in total. The average Bonchev–Trinajstić information content (AvgIpc) is 3.81. The van der Waals surface area contributed by atoms with Gasteiger partial charge in [0, 0.05) is 13.1 Å². The Morgan fingerprint density at radius 3 is 2.41 bits per heavy atom. The van der Waals surface area contributed by atoms with Gasteiger partial charge < -0.3 is 19.2 Å². The highest BCUT2D eigenvalue weighted by molar-refractivity contribution is 6.02. The lowest BCUT2D eigenvalue weighted by molar-refractivity contribution is -0.926. The summed E-state index contributed by atoms with van der Waals surface area (Å²) in [5, 5.41) is 20.4. The van der Waals surface area contributed by atoms with E-state index in [1.807, 2.05) is 19.1 Å². The minimum absolute atomic E-state index is 0.0468. The van der Waals surface area contributed by atoms with E-state index in [-0.39, 0.29) is 23.0 Å². The number of benzene rings is 2. The second-order valence-corrected chi connectivity index (χ2v) is 12.9. The van der Waals surface area contributed by atoms with Crippen molar-refractivity contribution in [1.29, 1.82) is 5.26 Å². The summed E-state index contributed by atoms with van der Waals surface area (Å²) >= 11 is 0. The van der Waals surface area contributed by atoms with E-state index in [2.05, 4.69) is 22.6 Å². The van der Waals surface area contributed by atoms with E-state index in [0.29, 0.717) is 48.5 Å².